The lowest BCUT2D eigenvalue weighted by Crippen LogP contribution is -2.23. The molecular formula is C24H18ClF2N3O. The number of rotatable bonds is 6. The number of benzene rings is 3. The highest BCUT2D eigenvalue weighted by molar-refractivity contribution is 6.33. The van der Waals surface area contributed by atoms with Crippen molar-refractivity contribution >= 4 is 17.5 Å². The molecule has 3 aromatic carbocycles. The second kappa shape index (κ2) is 9.10. The van der Waals surface area contributed by atoms with E-state index >= 15 is 0 Å². The topological polar surface area (TPSA) is 46.9 Å². The molecule has 0 bridgehead atoms. The normalized spacial score (nSPS) is 10.8. The smallest absolute Gasteiger partial charge is 0.253 e. The van der Waals surface area contributed by atoms with E-state index in [-0.39, 0.29) is 17.1 Å². The largest absolute Gasteiger partial charge is 0.348 e. The fraction of sp³-hybridized carbons (Fsp3) is 0.0833. The lowest BCUT2D eigenvalue weighted by molar-refractivity contribution is 0.0950. The summed E-state index contributed by atoms with van der Waals surface area (Å²) in [6.07, 6.45) is 3.65. The summed E-state index contributed by atoms with van der Waals surface area (Å²) in [6.45, 7) is 0.888. The van der Waals surface area contributed by atoms with E-state index < -0.39 is 17.5 Å². The van der Waals surface area contributed by atoms with Gasteiger partial charge in [0.1, 0.15) is 0 Å². The minimum atomic E-state index is -1.12. The van der Waals surface area contributed by atoms with Crippen molar-refractivity contribution in [2.75, 3.05) is 0 Å². The number of carbonyl (C=O) groups excluding carboxylic acids is 1. The fourth-order valence-corrected chi connectivity index (χ4v) is 3.53. The highest BCUT2D eigenvalue weighted by Crippen LogP contribution is 2.25. The van der Waals surface area contributed by atoms with Crippen LogP contribution in [0.2, 0.25) is 5.02 Å². The zero-order valence-corrected chi connectivity index (χ0v) is 17.1. The number of hydrogen-bond acceptors (Lipinski definition) is 2. The second-order valence-electron chi connectivity index (χ2n) is 6.99. The maximum atomic E-state index is 13.5. The van der Waals surface area contributed by atoms with Crippen LogP contribution in [0.5, 0.6) is 0 Å². The first-order chi connectivity index (χ1) is 15.0. The summed E-state index contributed by atoms with van der Waals surface area (Å²) in [5.41, 5.74) is 3.85. The van der Waals surface area contributed by atoms with E-state index in [1.807, 2.05) is 65.5 Å². The molecule has 0 saturated carbocycles. The molecule has 1 N–H and O–H groups in total. The van der Waals surface area contributed by atoms with Gasteiger partial charge in [0.25, 0.3) is 5.91 Å². The fourth-order valence-electron chi connectivity index (χ4n) is 3.29. The summed E-state index contributed by atoms with van der Waals surface area (Å²) in [5.74, 6) is -2.79. The summed E-state index contributed by atoms with van der Waals surface area (Å²) in [5, 5.41) is 6.80. The van der Waals surface area contributed by atoms with Crippen molar-refractivity contribution in [2.24, 2.45) is 0 Å². The van der Waals surface area contributed by atoms with E-state index in [0.29, 0.717) is 6.54 Å². The van der Waals surface area contributed by atoms with Crippen molar-refractivity contribution in [3.05, 3.63) is 112 Å². The maximum Gasteiger partial charge on any atom is 0.253 e. The Bertz CT molecular complexity index is 1210. The first kappa shape index (κ1) is 20.8. The average molecular weight is 438 g/mol. The van der Waals surface area contributed by atoms with Crippen LogP contribution in [0.15, 0.2) is 79.1 Å². The van der Waals surface area contributed by atoms with Crippen LogP contribution in [-0.2, 0) is 13.1 Å². The molecular weight excluding hydrogens is 420 g/mol. The van der Waals surface area contributed by atoms with Crippen molar-refractivity contribution in [2.45, 2.75) is 13.1 Å². The van der Waals surface area contributed by atoms with Gasteiger partial charge < -0.3 is 5.32 Å². The molecule has 1 amide bonds. The molecule has 1 aromatic heterocycles. The summed E-state index contributed by atoms with van der Waals surface area (Å²) in [4.78, 5) is 12.5. The molecule has 0 fully saturated rings. The van der Waals surface area contributed by atoms with Crippen molar-refractivity contribution < 1.29 is 13.6 Å². The predicted molar refractivity (Wildman–Crippen MR) is 116 cm³/mol. The standard InChI is InChI=1S/C24H18ClF2N3O/c25-21-13-23(27)22(26)12-20(21)24(31)28-14-18-4-1-2-5-19(18)17-8-6-16(7-9-17)15-30-11-3-10-29-30/h1-13H,14-15H2,(H,28,31). The lowest BCUT2D eigenvalue weighted by atomic mass is 9.98. The van der Waals surface area contributed by atoms with E-state index in [0.717, 1.165) is 34.4 Å². The number of aromatic nitrogens is 2. The van der Waals surface area contributed by atoms with Crippen LogP contribution in [0.3, 0.4) is 0 Å². The summed E-state index contributed by atoms with van der Waals surface area (Å²) in [7, 11) is 0. The number of hydrogen-bond donors (Lipinski definition) is 1. The number of nitrogens with one attached hydrogen (secondary N) is 1. The first-order valence-corrected chi connectivity index (χ1v) is 9.96. The van der Waals surface area contributed by atoms with Crippen molar-refractivity contribution in [1.82, 2.24) is 15.1 Å². The van der Waals surface area contributed by atoms with E-state index in [9.17, 15) is 13.6 Å². The number of halogens is 3. The highest BCUT2D eigenvalue weighted by Gasteiger charge is 2.15. The van der Waals surface area contributed by atoms with Gasteiger partial charge in [-0.15, -0.1) is 0 Å². The minimum Gasteiger partial charge on any atom is -0.348 e. The molecule has 156 valence electrons. The molecule has 0 aliphatic heterocycles. The Kier molecular flexibility index (Phi) is 6.09. The third-order valence-electron chi connectivity index (χ3n) is 4.88. The van der Waals surface area contributed by atoms with Gasteiger partial charge in [-0.1, -0.05) is 60.1 Å². The second-order valence-corrected chi connectivity index (χ2v) is 7.39. The number of nitrogens with zero attached hydrogens (tertiary/aromatic N) is 2. The van der Waals surface area contributed by atoms with Crippen LogP contribution < -0.4 is 5.32 Å². The molecule has 4 nitrogen and oxygen atoms in total. The highest BCUT2D eigenvalue weighted by atomic mass is 35.5. The van der Waals surface area contributed by atoms with Crippen LogP contribution in [-0.4, -0.2) is 15.7 Å². The minimum absolute atomic E-state index is 0.110. The average Bonchev–Trinajstić information content (AvgIpc) is 3.28. The van der Waals surface area contributed by atoms with Gasteiger partial charge in [-0.05, 0) is 40.5 Å². The summed E-state index contributed by atoms with van der Waals surface area (Å²) < 4.78 is 28.6. The van der Waals surface area contributed by atoms with Gasteiger partial charge in [0, 0.05) is 18.9 Å². The van der Waals surface area contributed by atoms with E-state index in [1.165, 1.54) is 0 Å². The van der Waals surface area contributed by atoms with E-state index in [2.05, 4.69) is 10.4 Å². The Morgan fingerprint density at radius 2 is 1.74 bits per heavy atom. The molecule has 0 aliphatic carbocycles. The Hall–Kier alpha value is -3.51. The molecule has 4 aromatic rings. The predicted octanol–water partition coefficient (Wildman–Crippen LogP) is 5.46. The molecule has 4 rings (SSSR count). The molecule has 0 atom stereocenters. The zero-order chi connectivity index (χ0) is 21.8. The van der Waals surface area contributed by atoms with Gasteiger partial charge in [-0.3, -0.25) is 9.48 Å². The van der Waals surface area contributed by atoms with Crippen LogP contribution in [0.4, 0.5) is 8.78 Å². The zero-order valence-electron chi connectivity index (χ0n) is 16.4. The third kappa shape index (κ3) is 4.81. The monoisotopic (exact) mass is 437 g/mol. The van der Waals surface area contributed by atoms with E-state index in [1.54, 1.807) is 6.20 Å². The van der Waals surface area contributed by atoms with Gasteiger partial charge in [0.2, 0.25) is 0 Å². The van der Waals surface area contributed by atoms with Crippen molar-refractivity contribution in [3.8, 4) is 11.1 Å². The Balaban J connectivity index is 1.50. The molecule has 0 radical (unpaired) electrons. The quantitative estimate of drug-likeness (QED) is 0.407. The van der Waals surface area contributed by atoms with Crippen molar-refractivity contribution in [3.63, 3.8) is 0 Å². The lowest BCUT2D eigenvalue weighted by Gasteiger charge is -2.12. The first-order valence-electron chi connectivity index (χ1n) is 9.58. The van der Waals surface area contributed by atoms with Crippen LogP contribution in [0, 0.1) is 11.6 Å². The van der Waals surface area contributed by atoms with Gasteiger partial charge >= 0.3 is 0 Å². The number of carbonyl (C=O) groups is 1. The Morgan fingerprint density at radius 1 is 1.00 bits per heavy atom. The molecule has 0 aliphatic rings. The molecule has 0 saturated heterocycles. The van der Waals surface area contributed by atoms with Gasteiger partial charge in [0.05, 0.1) is 17.1 Å². The Labute approximate surface area is 183 Å². The van der Waals surface area contributed by atoms with Gasteiger partial charge in [0.15, 0.2) is 11.6 Å². The van der Waals surface area contributed by atoms with Crippen molar-refractivity contribution in [1.29, 1.82) is 0 Å². The SMILES string of the molecule is O=C(NCc1ccccc1-c1ccc(Cn2cccn2)cc1)c1cc(F)c(F)cc1Cl. The maximum absolute atomic E-state index is 13.5. The molecule has 1 heterocycles. The van der Waals surface area contributed by atoms with Gasteiger partial charge in [-0.25, -0.2) is 8.78 Å². The van der Waals surface area contributed by atoms with Crippen LogP contribution in [0.1, 0.15) is 21.5 Å². The van der Waals surface area contributed by atoms with Crippen LogP contribution in [0.25, 0.3) is 11.1 Å². The summed E-state index contributed by atoms with van der Waals surface area (Å²) >= 11 is 5.90. The molecule has 0 spiro atoms. The van der Waals surface area contributed by atoms with E-state index in [4.69, 9.17) is 11.6 Å². The number of amides is 1. The van der Waals surface area contributed by atoms with Gasteiger partial charge in [-0.2, -0.15) is 5.10 Å². The molecule has 7 heteroatoms. The summed E-state index contributed by atoms with van der Waals surface area (Å²) in [6, 6.07) is 19.3. The van der Waals surface area contributed by atoms with Crippen LogP contribution >= 0.6 is 11.6 Å². The third-order valence-corrected chi connectivity index (χ3v) is 5.19. The molecule has 0 unspecified atom stereocenters. The molecule has 31 heavy (non-hydrogen) atoms. The Morgan fingerprint density at radius 3 is 2.48 bits per heavy atom.